The fourth-order valence-electron chi connectivity index (χ4n) is 3.45. The van der Waals surface area contributed by atoms with Gasteiger partial charge >= 0.3 is 11.9 Å². The van der Waals surface area contributed by atoms with Crippen LogP contribution in [0.25, 0.3) is 0 Å². The second kappa shape index (κ2) is 13.9. The van der Waals surface area contributed by atoms with Crippen molar-refractivity contribution in [2.75, 3.05) is 28.4 Å². The van der Waals surface area contributed by atoms with Crippen molar-refractivity contribution < 1.29 is 43.2 Å². The van der Waals surface area contributed by atoms with Crippen molar-refractivity contribution in [1.82, 2.24) is 10.6 Å². The Labute approximate surface area is 219 Å². The Balaban J connectivity index is 2.28. The van der Waals surface area contributed by atoms with E-state index in [-0.39, 0.29) is 35.7 Å². The monoisotopic (exact) mass is 536 g/mol. The molecule has 0 aliphatic rings. The number of benzene rings is 2. The average molecular weight is 537 g/mol. The van der Waals surface area contributed by atoms with Crippen molar-refractivity contribution in [2.24, 2.45) is 0 Å². The molecule has 0 spiro atoms. The molecule has 12 heteroatoms. The van der Waals surface area contributed by atoms with Crippen molar-refractivity contribution in [3.63, 3.8) is 0 Å². The number of nitrogens with one attached hydrogen (secondary N) is 2. The Hall–Kier alpha value is -3.99. The van der Waals surface area contributed by atoms with Gasteiger partial charge in [0.15, 0.2) is 11.5 Å². The van der Waals surface area contributed by atoms with E-state index in [0.717, 1.165) is 0 Å². The summed E-state index contributed by atoms with van der Waals surface area (Å²) in [5.41, 5.74) is 0.775. The molecule has 0 unspecified atom stereocenters. The predicted molar refractivity (Wildman–Crippen MR) is 133 cm³/mol. The maximum absolute atomic E-state index is 13.1. The number of hydrogen-bond donors (Lipinski definition) is 3. The summed E-state index contributed by atoms with van der Waals surface area (Å²) < 4.78 is 20.6. The van der Waals surface area contributed by atoms with Gasteiger partial charge in [-0.15, -0.1) is 0 Å². The quantitative estimate of drug-likeness (QED) is 0.327. The number of hydrogen-bond acceptors (Lipinski definition) is 8. The molecule has 0 fully saturated rings. The van der Waals surface area contributed by atoms with E-state index in [0.29, 0.717) is 10.6 Å². The van der Waals surface area contributed by atoms with Crippen molar-refractivity contribution in [1.29, 1.82) is 0 Å². The van der Waals surface area contributed by atoms with Gasteiger partial charge in [-0.25, -0.2) is 4.79 Å². The summed E-state index contributed by atoms with van der Waals surface area (Å²) in [7, 11) is 5.36. The van der Waals surface area contributed by atoms with Gasteiger partial charge in [0.2, 0.25) is 11.7 Å². The normalized spacial score (nSPS) is 12.0. The molecule has 0 aliphatic heterocycles. The first-order chi connectivity index (χ1) is 17.6. The molecule has 200 valence electrons. The van der Waals surface area contributed by atoms with Crippen LogP contribution in [0.15, 0.2) is 36.4 Å². The summed E-state index contributed by atoms with van der Waals surface area (Å²) in [5.74, 6) is -2.63. The molecule has 0 heterocycles. The van der Waals surface area contributed by atoms with E-state index in [4.69, 9.17) is 35.7 Å². The summed E-state index contributed by atoms with van der Waals surface area (Å²) >= 11 is 5.91. The smallest absolute Gasteiger partial charge is 0.328 e. The number of carbonyl (C=O) groups excluding carboxylic acids is 3. The zero-order valence-corrected chi connectivity index (χ0v) is 21.6. The van der Waals surface area contributed by atoms with Gasteiger partial charge in [-0.2, -0.15) is 0 Å². The maximum atomic E-state index is 13.1. The van der Waals surface area contributed by atoms with Gasteiger partial charge in [0.25, 0.3) is 5.91 Å². The Kier molecular flexibility index (Phi) is 11.0. The summed E-state index contributed by atoms with van der Waals surface area (Å²) in [4.78, 5) is 49.7. The van der Waals surface area contributed by atoms with Gasteiger partial charge in [0, 0.05) is 23.4 Å². The van der Waals surface area contributed by atoms with Crippen molar-refractivity contribution in [3.05, 3.63) is 52.5 Å². The molecular weight excluding hydrogens is 508 g/mol. The fraction of sp³-hybridized carbons (Fsp3) is 0.360. The van der Waals surface area contributed by atoms with Gasteiger partial charge < -0.3 is 34.7 Å². The molecule has 2 aromatic rings. The van der Waals surface area contributed by atoms with Gasteiger partial charge in [0.05, 0.1) is 28.4 Å². The lowest BCUT2D eigenvalue weighted by atomic mass is 10.0. The Bertz CT molecular complexity index is 1100. The highest BCUT2D eigenvalue weighted by Crippen LogP contribution is 2.38. The number of aliphatic carboxylic acids is 1. The van der Waals surface area contributed by atoms with Gasteiger partial charge in [0.1, 0.15) is 12.1 Å². The molecule has 37 heavy (non-hydrogen) atoms. The predicted octanol–water partition coefficient (Wildman–Crippen LogP) is 2.23. The molecule has 11 nitrogen and oxygen atoms in total. The van der Waals surface area contributed by atoms with E-state index >= 15 is 0 Å². The Morgan fingerprint density at radius 3 is 1.97 bits per heavy atom. The van der Waals surface area contributed by atoms with Crippen LogP contribution in [0, 0.1) is 0 Å². The van der Waals surface area contributed by atoms with Gasteiger partial charge in [-0.3, -0.25) is 14.4 Å². The van der Waals surface area contributed by atoms with Crippen LogP contribution in [-0.4, -0.2) is 69.4 Å². The fourth-order valence-corrected chi connectivity index (χ4v) is 3.58. The lowest BCUT2D eigenvalue weighted by molar-refractivity contribution is -0.145. The van der Waals surface area contributed by atoms with Gasteiger partial charge in [-0.1, -0.05) is 23.7 Å². The van der Waals surface area contributed by atoms with E-state index in [1.54, 1.807) is 24.3 Å². The third-order valence-electron chi connectivity index (χ3n) is 5.35. The Morgan fingerprint density at radius 2 is 1.49 bits per heavy atom. The minimum absolute atomic E-state index is 0.0771. The van der Waals surface area contributed by atoms with Crippen molar-refractivity contribution in [3.8, 4) is 17.2 Å². The summed E-state index contributed by atoms with van der Waals surface area (Å²) in [6.45, 7) is 0. The van der Waals surface area contributed by atoms with Crippen LogP contribution in [0.2, 0.25) is 5.02 Å². The highest BCUT2D eigenvalue weighted by Gasteiger charge is 2.29. The lowest BCUT2D eigenvalue weighted by Gasteiger charge is -2.22. The van der Waals surface area contributed by atoms with Gasteiger partial charge in [-0.05, 0) is 36.2 Å². The van der Waals surface area contributed by atoms with Crippen LogP contribution in [0.3, 0.4) is 0 Å². The number of halogens is 1. The molecule has 2 atom stereocenters. The SMILES string of the molecule is COC(=O)[C@@H](Cc1ccc(Cl)cc1)NC(=O)[C@H](CCC(=O)O)NC(=O)c1cc(OC)c(OC)c(OC)c1. The van der Waals surface area contributed by atoms with Crippen LogP contribution >= 0.6 is 11.6 Å². The molecule has 0 saturated carbocycles. The molecular formula is C25H29ClN2O9. The molecule has 2 rings (SSSR count). The molecule has 0 aromatic heterocycles. The molecule has 0 saturated heterocycles. The highest BCUT2D eigenvalue weighted by atomic mass is 35.5. The zero-order valence-electron chi connectivity index (χ0n) is 20.8. The molecule has 2 amide bonds. The number of methoxy groups -OCH3 is 4. The number of amides is 2. The van der Waals surface area contributed by atoms with Crippen molar-refractivity contribution >= 4 is 35.4 Å². The summed E-state index contributed by atoms with van der Waals surface area (Å²) in [6, 6.07) is 7.07. The number of esters is 1. The summed E-state index contributed by atoms with van der Waals surface area (Å²) in [5, 5.41) is 14.7. The van der Waals surface area contributed by atoms with Crippen LogP contribution in [0.5, 0.6) is 17.2 Å². The van der Waals surface area contributed by atoms with Crippen molar-refractivity contribution in [2.45, 2.75) is 31.3 Å². The standard InChI is InChI=1S/C25H29ClN2O9/c1-34-19-12-15(13-20(35-2)22(19)36-3)23(31)27-17(9-10-21(29)30)24(32)28-18(25(33)37-4)11-14-5-7-16(26)8-6-14/h5-8,12-13,17-18H,9-11H2,1-4H3,(H,27,31)(H,28,32)(H,29,30)/t17-,18+/m0/s1. The third-order valence-corrected chi connectivity index (χ3v) is 5.60. The molecule has 0 bridgehead atoms. The zero-order chi connectivity index (χ0) is 27.5. The first kappa shape index (κ1) is 29.2. The number of carboxylic acids is 1. The van der Waals surface area contributed by atoms with E-state index in [1.807, 2.05) is 0 Å². The van der Waals surface area contributed by atoms with Crippen LogP contribution in [0.4, 0.5) is 0 Å². The number of ether oxygens (including phenoxy) is 4. The molecule has 0 radical (unpaired) electrons. The number of carbonyl (C=O) groups is 4. The third kappa shape index (κ3) is 8.28. The second-order valence-corrected chi connectivity index (χ2v) is 8.22. The van der Waals surface area contributed by atoms with E-state index in [2.05, 4.69) is 10.6 Å². The largest absolute Gasteiger partial charge is 0.493 e. The first-order valence-corrected chi connectivity index (χ1v) is 11.5. The van der Waals surface area contributed by atoms with Crippen LogP contribution in [-0.2, 0) is 25.5 Å². The van der Waals surface area contributed by atoms with E-state index < -0.39 is 42.3 Å². The second-order valence-electron chi connectivity index (χ2n) is 7.79. The average Bonchev–Trinajstić information content (AvgIpc) is 2.89. The van der Waals surface area contributed by atoms with E-state index in [9.17, 15) is 19.2 Å². The minimum Gasteiger partial charge on any atom is -0.493 e. The lowest BCUT2D eigenvalue weighted by Crippen LogP contribution is -2.52. The molecule has 2 aromatic carbocycles. The highest BCUT2D eigenvalue weighted by molar-refractivity contribution is 6.30. The van der Waals surface area contributed by atoms with Crippen LogP contribution < -0.4 is 24.8 Å². The Morgan fingerprint density at radius 1 is 0.892 bits per heavy atom. The number of rotatable bonds is 13. The number of carboxylic acid groups (broad SMARTS) is 1. The summed E-state index contributed by atoms with van der Waals surface area (Å²) in [6.07, 6.45) is -0.554. The van der Waals surface area contributed by atoms with Crippen LogP contribution in [0.1, 0.15) is 28.8 Å². The first-order valence-electron chi connectivity index (χ1n) is 11.1. The topological polar surface area (TPSA) is 149 Å². The molecule has 3 N–H and O–H groups in total. The van der Waals surface area contributed by atoms with E-state index in [1.165, 1.54) is 40.6 Å². The maximum Gasteiger partial charge on any atom is 0.328 e. The minimum atomic E-state index is -1.28. The molecule has 0 aliphatic carbocycles.